The number of piperazine rings is 1. The Morgan fingerprint density at radius 2 is 1.86 bits per heavy atom. The molecule has 1 amide bonds. The monoisotopic (exact) mass is 386 g/mol. The van der Waals surface area contributed by atoms with Crippen LogP contribution in [-0.2, 0) is 11.2 Å². The summed E-state index contributed by atoms with van der Waals surface area (Å²) in [6.07, 6.45) is 4.07. The van der Waals surface area contributed by atoms with Gasteiger partial charge in [0.15, 0.2) is 0 Å². The van der Waals surface area contributed by atoms with Crippen LogP contribution in [0.3, 0.4) is 0 Å². The summed E-state index contributed by atoms with van der Waals surface area (Å²) in [7, 11) is 0. The number of rotatable bonds is 3. The molecule has 0 radical (unpaired) electrons. The van der Waals surface area contributed by atoms with Crippen molar-refractivity contribution in [1.82, 2.24) is 15.5 Å². The lowest BCUT2D eigenvalue weighted by molar-refractivity contribution is 0.0712. The van der Waals surface area contributed by atoms with Crippen molar-refractivity contribution in [1.29, 1.82) is 0 Å². The molecule has 154 valence electrons. The molecule has 0 spiro atoms. The van der Waals surface area contributed by atoms with E-state index in [0.717, 1.165) is 71.5 Å². The van der Waals surface area contributed by atoms with Crippen molar-refractivity contribution in [3.63, 3.8) is 0 Å². The third kappa shape index (κ3) is 4.44. The van der Waals surface area contributed by atoms with Gasteiger partial charge in [0.2, 0.25) is 0 Å². The van der Waals surface area contributed by atoms with Crippen LogP contribution < -0.4 is 15.5 Å². The number of nitrogens with one attached hydrogen (secondary N) is 2. The lowest BCUT2D eigenvalue weighted by Crippen LogP contribution is -2.43. The van der Waals surface area contributed by atoms with E-state index in [0.29, 0.717) is 12.5 Å². The van der Waals surface area contributed by atoms with Crippen molar-refractivity contribution in [2.75, 3.05) is 57.3 Å². The van der Waals surface area contributed by atoms with E-state index in [1.54, 1.807) is 0 Å². The molecule has 4 rings (SSSR count). The van der Waals surface area contributed by atoms with E-state index in [-0.39, 0.29) is 12.1 Å². The molecule has 3 aliphatic heterocycles. The van der Waals surface area contributed by atoms with Crippen LogP contribution in [0.25, 0.3) is 0 Å². The highest BCUT2D eigenvalue weighted by Gasteiger charge is 2.28. The summed E-state index contributed by atoms with van der Waals surface area (Å²) < 4.78 is 5.75. The van der Waals surface area contributed by atoms with Gasteiger partial charge in [0.1, 0.15) is 0 Å². The van der Waals surface area contributed by atoms with Crippen LogP contribution in [0.1, 0.15) is 43.4 Å². The van der Waals surface area contributed by atoms with Crippen LogP contribution in [0.2, 0.25) is 0 Å². The molecule has 3 heterocycles. The van der Waals surface area contributed by atoms with Gasteiger partial charge in [-0.3, -0.25) is 0 Å². The molecular weight excluding hydrogens is 352 g/mol. The van der Waals surface area contributed by atoms with Crippen LogP contribution >= 0.6 is 0 Å². The van der Waals surface area contributed by atoms with E-state index in [9.17, 15) is 4.79 Å². The van der Waals surface area contributed by atoms with Crippen molar-refractivity contribution in [3.8, 4) is 0 Å². The fourth-order valence-corrected chi connectivity index (χ4v) is 4.69. The molecule has 0 aromatic heterocycles. The highest BCUT2D eigenvalue weighted by Crippen LogP contribution is 2.32. The Morgan fingerprint density at radius 3 is 2.64 bits per heavy atom. The van der Waals surface area contributed by atoms with E-state index in [4.69, 9.17) is 4.74 Å². The summed E-state index contributed by atoms with van der Waals surface area (Å²) in [6, 6.07) is 6.89. The zero-order chi connectivity index (χ0) is 19.3. The standard InChI is InChI=1S/C22H34N4O2/c1-17-21-15-20(25-13-10-24-11-14-25)5-4-19(21)3-2-12-26(17)22(27)28-16-18-6-8-23-9-7-18/h4-5,15,17-18,23-24H,2-3,6-14,16H2,1H3/t17-/m0/s1. The minimum absolute atomic E-state index is 0.0564. The number of hydrogen-bond acceptors (Lipinski definition) is 5. The van der Waals surface area contributed by atoms with Gasteiger partial charge in [0.05, 0.1) is 12.6 Å². The van der Waals surface area contributed by atoms with Crippen molar-refractivity contribution in [2.45, 2.75) is 38.6 Å². The average Bonchev–Trinajstić information content (AvgIpc) is 2.92. The molecule has 2 saturated heterocycles. The number of ether oxygens (including phenoxy) is 1. The van der Waals surface area contributed by atoms with Crippen LogP contribution in [0, 0.1) is 5.92 Å². The maximum atomic E-state index is 12.9. The Bertz CT molecular complexity index is 669. The molecule has 2 fully saturated rings. The molecule has 6 nitrogen and oxygen atoms in total. The second kappa shape index (κ2) is 9.14. The van der Waals surface area contributed by atoms with E-state index in [1.807, 2.05) is 4.90 Å². The largest absolute Gasteiger partial charge is 0.449 e. The number of anilines is 1. The first-order valence-electron chi connectivity index (χ1n) is 10.9. The molecule has 6 heteroatoms. The maximum Gasteiger partial charge on any atom is 0.410 e. The van der Waals surface area contributed by atoms with Gasteiger partial charge < -0.3 is 25.2 Å². The summed E-state index contributed by atoms with van der Waals surface area (Å²) in [5.41, 5.74) is 3.93. The lowest BCUT2D eigenvalue weighted by Gasteiger charge is -2.32. The van der Waals surface area contributed by atoms with Gasteiger partial charge in [-0.05, 0) is 74.9 Å². The van der Waals surface area contributed by atoms with E-state index in [1.165, 1.54) is 16.8 Å². The third-order valence-corrected chi connectivity index (χ3v) is 6.51. The summed E-state index contributed by atoms with van der Waals surface area (Å²) >= 11 is 0. The Labute approximate surface area is 168 Å². The molecule has 28 heavy (non-hydrogen) atoms. The first-order valence-corrected chi connectivity index (χ1v) is 10.9. The van der Waals surface area contributed by atoms with E-state index >= 15 is 0 Å². The first-order chi connectivity index (χ1) is 13.7. The minimum Gasteiger partial charge on any atom is -0.449 e. The van der Waals surface area contributed by atoms with Crippen LogP contribution in [0.5, 0.6) is 0 Å². The SMILES string of the molecule is C[C@H]1c2cc(N3CCNCC3)ccc2CCCN1C(=O)OCC1CCNCC1. The number of nitrogens with zero attached hydrogens (tertiary/aromatic N) is 2. The predicted octanol–water partition coefficient (Wildman–Crippen LogP) is 2.54. The van der Waals surface area contributed by atoms with Gasteiger partial charge in [-0.2, -0.15) is 0 Å². The lowest BCUT2D eigenvalue weighted by atomic mass is 9.98. The highest BCUT2D eigenvalue weighted by atomic mass is 16.6. The zero-order valence-corrected chi connectivity index (χ0v) is 17.1. The Balaban J connectivity index is 1.45. The minimum atomic E-state index is -0.147. The molecule has 0 unspecified atom stereocenters. The number of aryl methyl sites for hydroxylation is 1. The topological polar surface area (TPSA) is 56.8 Å². The smallest absolute Gasteiger partial charge is 0.410 e. The molecule has 0 aliphatic carbocycles. The molecule has 2 N–H and O–H groups in total. The number of hydrogen-bond donors (Lipinski definition) is 2. The normalized spacial score (nSPS) is 23.8. The molecule has 1 aromatic carbocycles. The highest BCUT2D eigenvalue weighted by molar-refractivity contribution is 5.69. The van der Waals surface area contributed by atoms with Gasteiger partial charge in [0.25, 0.3) is 0 Å². The Kier molecular flexibility index (Phi) is 6.37. The number of fused-ring (bicyclic) bond motifs is 1. The zero-order valence-electron chi connectivity index (χ0n) is 17.1. The van der Waals surface area contributed by atoms with Crippen molar-refractivity contribution in [3.05, 3.63) is 29.3 Å². The number of piperidine rings is 1. The van der Waals surface area contributed by atoms with Crippen LogP contribution in [-0.4, -0.2) is 63.4 Å². The summed E-state index contributed by atoms with van der Waals surface area (Å²) in [4.78, 5) is 17.2. The summed E-state index contributed by atoms with van der Waals surface area (Å²) in [5.74, 6) is 0.499. The molecular formula is C22H34N4O2. The van der Waals surface area contributed by atoms with Crippen molar-refractivity contribution in [2.24, 2.45) is 5.92 Å². The number of amides is 1. The average molecular weight is 387 g/mol. The fraction of sp³-hybridized carbons (Fsp3) is 0.682. The van der Waals surface area contributed by atoms with Gasteiger partial charge in [-0.25, -0.2) is 4.79 Å². The second-order valence-electron chi connectivity index (χ2n) is 8.36. The molecule has 0 saturated carbocycles. The molecule has 3 aliphatic rings. The van der Waals surface area contributed by atoms with Gasteiger partial charge in [-0.1, -0.05) is 6.07 Å². The Morgan fingerprint density at radius 1 is 1.11 bits per heavy atom. The fourth-order valence-electron chi connectivity index (χ4n) is 4.69. The molecule has 1 atom stereocenters. The van der Waals surface area contributed by atoms with Crippen molar-refractivity contribution < 1.29 is 9.53 Å². The van der Waals surface area contributed by atoms with Gasteiger partial charge >= 0.3 is 6.09 Å². The van der Waals surface area contributed by atoms with Crippen molar-refractivity contribution >= 4 is 11.8 Å². The van der Waals surface area contributed by atoms with Gasteiger partial charge in [0, 0.05) is 38.4 Å². The Hall–Kier alpha value is -1.79. The van der Waals surface area contributed by atoms with Gasteiger partial charge in [-0.15, -0.1) is 0 Å². The number of carbonyl (C=O) groups excluding carboxylic acids is 1. The van der Waals surface area contributed by atoms with Crippen LogP contribution in [0.4, 0.5) is 10.5 Å². The molecule has 0 bridgehead atoms. The van der Waals surface area contributed by atoms with E-state index in [2.05, 4.69) is 40.7 Å². The maximum absolute atomic E-state index is 12.9. The molecule has 1 aromatic rings. The third-order valence-electron chi connectivity index (χ3n) is 6.51. The second-order valence-corrected chi connectivity index (χ2v) is 8.36. The number of benzene rings is 1. The first kappa shape index (κ1) is 19.5. The van der Waals surface area contributed by atoms with E-state index < -0.39 is 0 Å². The quantitative estimate of drug-likeness (QED) is 0.836. The summed E-state index contributed by atoms with van der Waals surface area (Å²) in [5, 5.41) is 6.78. The van der Waals surface area contributed by atoms with Crippen LogP contribution in [0.15, 0.2) is 18.2 Å². The number of carbonyl (C=O) groups is 1. The predicted molar refractivity (Wildman–Crippen MR) is 112 cm³/mol. The summed E-state index contributed by atoms with van der Waals surface area (Å²) in [6.45, 7) is 9.67.